The molecule has 34 heavy (non-hydrogen) atoms. The second kappa shape index (κ2) is 10.6. The maximum absolute atomic E-state index is 13.3. The third-order valence-electron chi connectivity index (χ3n) is 5.71. The fraction of sp³-hybridized carbons (Fsp3) is 0.375. The molecule has 0 unspecified atom stereocenters. The van der Waals surface area contributed by atoms with Gasteiger partial charge >= 0.3 is 0 Å². The normalized spacial score (nSPS) is 18.0. The van der Waals surface area contributed by atoms with Gasteiger partial charge < -0.3 is 5.32 Å². The van der Waals surface area contributed by atoms with E-state index in [4.69, 9.17) is 16.6 Å². The molecule has 0 bridgehead atoms. The Hall–Kier alpha value is -2.91. The van der Waals surface area contributed by atoms with Crippen LogP contribution in [-0.2, 0) is 9.59 Å². The summed E-state index contributed by atoms with van der Waals surface area (Å²) in [7, 11) is 0. The minimum absolute atomic E-state index is 0.108. The Kier molecular flexibility index (Phi) is 7.99. The average Bonchev–Trinajstić information content (AvgIpc) is 3.05. The van der Waals surface area contributed by atoms with Gasteiger partial charge in [0.2, 0.25) is 11.8 Å². The van der Waals surface area contributed by atoms with E-state index in [0.717, 1.165) is 16.8 Å². The standard InChI is InChI=1S/C24H27ClN4O4S/c1-13(2)16(5)28-23(31)21(34-24(28)27-19-9-6-14(3)10-15(19)4)12-22(30)26-20-11-17(29(32)33)7-8-18(20)25/h6-11,13,16,21H,12H2,1-5H3,(H,26,30)/t16-,21-/m1/s1. The predicted molar refractivity (Wildman–Crippen MR) is 137 cm³/mol. The van der Waals surface area contributed by atoms with Crippen LogP contribution in [0, 0.1) is 29.9 Å². The molecule has 10 heteroatoms. The van der Waals surface area contributed by atoms with E-state index < -0.39 is 16.1 Å². The Labute approximate surface area is 207 Å². The van der Waals surface area contributed by atoms with E-state index in [1.54, 1.807) is 4.90 Å². The van der Waals surface area contributed by atoms with Crippen LogP contribution in [-0.4, -0.2) is 38.1 Å². The second-order valence-electron chi connectivity index (χ2n) is 8.66. The summed E-state index contributed by atoms with van der Waals surface area (Å²) in [5.74, 6) is -0.460. The number of benzene rings is 2. The zero-order chi connectivity index (χ0) is 25.2. The van der Waals surface area contributed by atoms with Gasteiger partial charge in [0.15, 0.2) is 5.17 Å². The van der Waals surface area contributed by atoms with Gasteiger partial charge in [0.25, 0.3) is 5.69 Å². The van der Waals surface area contributed by atoms with Crippen LogP contribution in [0.4, 0.5) is 17.1 Å². The number of amidine groups is 1. The number of nitrogens with one attached hydrogen (secondary N) is 1. The molecular formula is C24H27ClN4O4S. The summed E-state index contributed by atoms with van der Waals surface area (Å²) in [5, 5.41) is 13.7. The first-order valence-electron chi connectivity index (χ1n) is 10.9. The molecule has 3 rings (SSSR count). The molecule has 2 aromatic rings. The number of nitrogens with zero attached hydrogens (tertiary/aromatic N) is 3. The van der Waals surface area contributed by atoms with Crippen molar-refractivity contribution >= 4 is 57.4 Å². The smallest absolute Gasteiger partial charge is 0.271 e. The Bertz CT molecular complexity index is 1170. The van der Waals surface area contributed by atoms with Gasteiger partial charge in [-0.1, -0.05) is 54.9 Å². The summed E-state index contributed by atoms with van der Waals surface area (Å²) in [5.41, 5.74) is 2.84. The lowest BCUT2D eigenvalue weighted by atomic mass is 10.0. The first-order valence-corrected chi connectivity index (χ1v) is 12.1. The SMILES string of the molecule is Cc1ccc(N=C2S[C@H](CC(=O)Nc3cc([N+](=O)[O-])ccc3Cl)C(=O)N2[C@H](C)C(C)C)c(C)c1. The summed E-state index contributed by atoms with van der Waals surface area (Å²) >= 11 is 7.35. The first-order chi connectivity index (χ1) is 16.0. The van der Waals surface area contributed by atoms with E-state index in [0.29, 0.717) is 5.17 Å². The van der Waals surface area contributed by atoms with E-state index in [-0.39, 0.29) is 40.7 Å². The highest BCUT2D eigenvalue weighted by atomic mass is 35.5. The number of nitro groups is 1. The van der Waals surface area contributed by atoms with E-state index >= 15 is 0 Å². The van der Waals surface area contributed by atoms with Crippen molar-refractivity contribution in [2.24, 2.45) is 10.9 Å². The fourth-order valence-corrected chi connectivity index (χ4v) is 4.88. The second-order valence-corrected chi connectivity index (χ2v) is 10.2. The molecular weight excluding hydrogens is 476 g/mol. The van der Waals surface area contributed by atoms with Gasteiger partial charge in [0.05, 0.1) is 21.3 Å². The van der Waals surface area contributed by atoms with Crippen molar-refractivity contribution in [3.05, 3.63) is 62.7 Å². The van der Waals surface area contributed by atoms with Crippen LogP contribution in [0.25, 0.3) is 0 Å². The molecule has 180 valence electrons. The summed E-state index contributed by atoms with van der Waals surface area (Å²) < 4.78 is 0. The Morgan fingerprint density at radius 1 is 1.24 bits per heavy atom. The van der Waals surface area contributed by atoms with Gasteiger partial charge in [0.1, 0.15) is 5.25 Å². The number of hydrogen-bond acceptors (Lipinski definition) is 6. The van der Waals surface area contributed by atoms with Crippen LogP contribution >= 0.6 is 23.4 Å². The van der Waals surface area contributed by atoms with Crippen LogP contribution in [0.2, 0.25) is 5.02 Å². The Balaban J connectivity index is 1.84. The topological polar surface area (TPSA) is 105 Å². The minimum Gasteiger partial charge on any atom is -0.325 e. The molecule has 0 radical (unpaired) electrons. The number of carbonyl (C=O) groups excluding carboxylic acids is 2. The van der Waals surface area contributed by atoms with Crippen molar-refractivity contribution in [1.82, 2.24) is 4.90 Å². The predicted octanol–water partition coefficient (Wildman–Crippen LogP) is 5.87. The zero-order valence-electron chi connectivity index (χ0n) is 19.7. The molecule has 0 spiro atoms. The van der Waals surface area contributed by atoms with Crippen LogP contribution in [0.1, 0.15) is 38.3 Å². The van der Waals surface area contributed by atoms with E-state index in [1.807, 2.05) is 52.8 Å². The van der Waals surface area contributed by atoms with E-state index in [2.05, 4.69) is 5.32 Å². The van der Waals surface area contributed by atoms with Crippen molar-refractivity contribution in [2.75, 3.05) is 5.32 Å². The van der Waals surface area contributed by atoms with Gasteiger partial charge in [-0.15, -0.1) is 0 Å². The third-order valence-corrected chi connectivity index (χ3v) is 7.19. The number of carbonyl (C=O) groups is 2. The summed E-state index contributed by atoms with van der Waals surface area (Å²) in [6, 6.07) is 9.63. The van der Waals surface area contributed by atoms with E-state index in [9.17, 15) is 19.7 Å². The average molecular weight is 503 g/mol. The van der Waals surface area contributed by atoms with Crippen LogP contribution in [0.3, 0.4) is 0 Å². The van der Waals surface area contributed by atoms with Gasteiger partial charge in [-0.2, -0.15) is 0 Å². The number of aryl methyl sites for hydroxylation is 2. The minimum atomic E-state index is -0.664. The number of thioether (sulfide) groups is 1. The molecule has 2 aromatic carbocycles. The highest BCUT2D eigenvalue weighted by Gasteiger charge is 2.42. The molecule has 1 heterocycles. The summed E-state index contributed by atoms with van der Waals surface area (Å²) in [6.45, 7) is 10.0. The van der Waals surface area contributed by atoms with Crippen molar-refractivity contribution < 1.29 is 14.5 Å². The number of hydrogen-bond donors (Lipinski definition) is 1. The van der Waals surface area contributed by atoms with Crippen molar-refractivity contribution in [1.29, 1.82) is 0 Å². The lowest BCUT2D eigenvalue weighted by Crippen LogP contribution is -2.42. The number of non-ortho nitro benzene ring substituents is 1. The lowest BCUT2D eigenvalue weighted by molar-refractivity contribution is -0.384. The van der Waals surface area contributed by atoms with Gasteiger partial charge in [-0.3, -0.25) is 24.6 Å². The van der Waals surface area contributed by atoms with Crippen LogP contribution in [0.5, 0.6) is 0 Å². The van der Waals surface area contributed by atoms with Gasteiger partial charge in [0, 0.05) is 24.6 Å². The first kappa shape index (κ1) is 25.7. The van der Waals surface area contributed by atoms with Crippen LogP contribution < -0.4 is 5.32 Å². The molecule has 8 nitrogen and oxygen atoms in total. The quantitative estimate of drug-likeness (QED) is 0.376. The van der Waals surface area contributed by atoms with Crippen molar-refractivity contribution in [3.8, 4) is 0 Å². The number of halogens is 1. The van der Waals surface area contributed by atoms with Gasteiger partial charge in [-0.25, -0.2) is 4.99 Å². The molecule has 1 N–H and O–H groups in total. The molecule has 2 atom stereocenters. The number of aliphatic imine (C=N–C) groups is 1. The number of amides is 2. The molecule has 1 fully saturated rings. The maximum atomic E-state index is 13.3. The largest absolute Gasteiger partial charge is 0.325 e. The molecule has 1 aliphatic heterocycles. The highest BCUT2D eigenvalue weighted by Crippen LogP contribution is 2.36. The third kappa shape index (κ3) is 5.77. The van der Waals surface area contributed by atoms with Gasteiger partial charge in [-0.05, 0) is 44.4 Å². The summed E-state index contributed by atoms with van der Waals surface area (Å²) in [4.78, 5) is 43.0. The molecule has 0 saturated carbocycles. The number of nitro benzene ring substituents is 1. The highest BCUT2D eigenvalue weighted by molar-refractivity contribution is 8.15. The lowest BCUT2D eigenvalue weighted by Gasteiger charge is -2.27. The maximum Gasteiger partial charge on any atom is 0.271 e. The molecule has 0 aliphatic carbocycles. The molecule has 2 amide bonds. The van der Waals surface area contributed by atoms with E-state index in [1.165, 1.54) is 30.0 Å². The summed E-state index contributed by atoms with van der Waals surface area (Å²) in [6.07, 6.45) is -0.115. The van der Waals surface area contributed by atoms with Crippen LogP contribution in [0.15, 0.2) is 41.4 Å². The Morgan fingerprint density at radius 3 is 2.56 bits per heavy atom. The molecule has 0 aromatic heterocycles. The monoisotopic (exact) mass is 502 g/mol. The van der Waals surface area contributed by atoms with Crippen molar-refractivity contribution in [2.45, 2.75) is 52.3 Å². The number of rotatable bonds is 7. The molecule has 1 saturated heterocycles. The van der Waals surface area contributed by atoms with Crippen molar-refractivity contribution in [3.63, 3.8) is 0 Å². The fourth-order valence-electron chi connectivity index (χ4n) is 3.49. The number of anilines is 1. The molecule has 1 aliphatic rings. The Morgan fingerprint density at radius 2 is 1.94 bits per heavy atom. The zero-order valence-corrected chi connectivity index (χ0v) is 21.2.